The second-order valence-electron chi connectivity index (χ2n) is 4.45. The normalized spacial score (nSPS) is 11.9. The van der Waals surface area contributed by atoms with Crippen LogP contribution in [0.1, 0.15) is 28.9 Å². The number of nitrogens with two attached hydrogens (primary N) is 1. The van der Waals surface area contributed by atoms with Crippen molar-refractivity contribution in [3.63, 3.8) is 0 Å². The Morgan fingerprint density at radius 3 is 2.55 bits per heavy atom. The topological polar surface area (TPSA) is 55.1 Å². The zero-order valence-electron chi connectivity index (χ0n) is 10.9. The highest BCUT2D eigenvalue weighted by atomic mass is 79.9. The van der Waals surface area contributed by atoms with Crippen LogP contribution in [0.3, 0.4) is 0 Å². The summed E-state index contributed by atoms with van der Waals surface area (Å²) in [6.45, 7) is 1.92. The summed E-state index contributed by atoms with van der Waals surface area (Å²) < 4.78 is 0.999. The lowest BCUT2D eigenvalue weighted by atomic mass is 10.1. The minimum Gasteiger partial charge on any atom is -0.397 e. The molecule has 0 saturated carbocycles. The minimum atomic E-state index is -0.236. The molecule has 0 aliphatic rings. The monoisotopic (exact) mass is 352 g/mol. The van der Waals surface area contributed by atoms with E-state index >= 15 is 0 Å². The van der Waals surface area contributed by atoms with Crippen LogP contribution in [0.5, 0.6) is 0 Å². The Morgan fingerprint density at radius 1 is 1.25 bits per heavy atom. The van der Waals surface area contributed by atoms with Gasteiger partial charge in [-0.1, -0.05) is 45.7 Å². The van der Waals surface area contributed by atoms with Crippen LogP contribution < -0.4 is 11.1 Å². The van der Waals surface area contributed by atoms with E-state index in [1.54, 1.807) is 18.2 Å². The first-order valence-electron chi connectivity index (χ1n) is 6.09. The first-order valence-corrected chi connectivity index (χ1v) is 7.26. The first-order chi connectivity index (χ1) is 9.49. The van der Waals surface area contributed by atoms with Gasteiger partial charge in [-0.15, -0.1) is 0 Å². The predicted octanol–water partition coefficient (Wildman–Crippen LogP) is 4.18. The molecule has 0 aromatic heterocycles. The molecule has 2 aromatic rings. The number of halogens is 2. The molecule has 3 nitrogen and oxygen atoms in total. The quantitative estimate of drug-likeness (QED) is 0.813. The molecule has 0 radical (unpaired) electrons. The lowest BCUT2D eigenvalue weighted by molar-refractivity contribution is 0.0941. The number of rotatable bonds is 3. The Kier molecular flexibility index (Phi) is 4.68. The number of para-hydroxylation sites is 1. The van der Waals surface area contributed by atoms with Gasteiger partial charge in [-0.05, 0) is 36.8 Å². The summed E-state index contributed by atoms with van der Waals surface area (Å²) in [5.41, 5.74) is 7.53. The van der Waals surface area contributed by atoms with Crippen molar-refractivity contribution in [3.8, 4) is 0 Å². The van der Waals surface area contributed by atoms with E-state index in [-0.39, 0.29) is 11.9 Å². The Labute approximate surface area is 131 Å². The third kappa shape index (κ3) is 3.32. The van der Waals surface area contributed by atoms with Crippen molar-refractivity contribution in [3.05, 3.63) is 63.1 Å². The molecular formula is C15H14BrClN2O. The Morgan fingerprint density at radius 2 is 1.90 bits per heavy atom. The number of carbonyl (C=O) groups excluding carboxylic acids is 1. The van der Waals surface area contributed by atoms with Gasteiger partial charge in [0.1, 0.15) is 0 Å². The predicted molar refractivity (Wildman–Crippen MR) is 85.9 cm³/mol. The van der Waals surface area contributed by atoms with Gasteiger partial charge in [0, 0.05) is 4.47 Å². The highest BCUT2D eigenvalue weighted by molar-refractivity contribution is 9.10. The highest BCUT2D eigenvalue weighted by Gasteiger charge is 2.15. The van der Waals surface area contributed by atoms with E-state index in [0.29, 0.717) is 16.3 Å². The average molecular weight is 354 g/mol. The second kappa shape index (κ2) is 6.29. The van der Waals surface area contributed by atoms with Crippen molar-refractivity contribution in [2.45, 2.75) is 13.0 Å². The number of anilines is 1. The highest BCUT2D eigenvalue weighted by Crippen LogP contribution is 2.23. The number of benzene rings is 2. The van der Waals surface area contributed by atoms with Crippen LogP contribution in [0, 0.1) is 0 Å². The zero-order valence-corrected chi connectivity index (χ0v) is 13.2. The van der Waals surface area contributed by atoms with Crippen LogP contribution in [0.15, 0.2) is 46.9 Å². The Hall–Kier alpha value is -1.52. The molecule has 2 aromatic carbocycles. The van der Waals surface area contributed by atoms with Crippen molar-refractivity contribution < 1.29 is 4.79 Å². The molecule has 0 saturated heterocycles. The number of hydrogen-bond donors (Lipinski definition) is 2. The third-order valence-corrected chi connectivity index (χ3v) is 3.87. The van der Waals surface area contributed by atoms with Gasteiger partial charge in [-0.25, -0.2) is 0 Å². The Balaban J connectivity index is 2.15. The van der Waals surface area contributed by atoms with Crippen LogP contribution in [-0.2, 0) is 0 Å². The molecule has 0 aliphatic heterocycles. The molecule has 0 fully saturated rings. The van der Waals surface area contributed by atoms with Crippen molar-refractivity contribution in [1.82, 2.24) is 5.32 Å². The van der Waals surface area contributed by atoms with Crippen LogP contribution in [0.25, 0.3) is 0 Å². The van der Waals surface area contributed by atoms with E-state index < -0.39 is 0 Å². The molecule has 0 aliphatic carbocycles. The minimum absolute atomic E-state index is 0.117. The van der Waals surface area contributed by atoms with Gasteiger partial charge in [-0.3, -0.25) is 4.79 Å². The standard InChI is InChI=1S/C15H14BrClN2O/c1-9(10-5-7-11(16)8-6-10)19-15(20)12-3-2-4-13(17)14(12)18/h2-9H,18H2,1H3,(H,19,20). The van der Waals surface area contributed by atoms with E-state index in [1.165, 1.54) is 0 Å². The van der Waals surface area contributed by atoms with Crippen LogP contribution in [0.2, 0.25) is 5.02 Å². The van der Waals surface area contributed by atoms with Gasteiger partial charge in [0.15, 0.2) is 0 Å². The van der Waals surface area contributed by atoms with Crippen LogP contribution in [0.4, 0.5) is 5.69 Å². The maximum atomic E-state index is 12.2. The van der Waals surface area contributed by atoms with Crippen molar-refractivity contribution in [1.29, 1.82) is 0 Å². The molecular weight excluding hydrogens is 340 g/mol. The summed E-state index contributed by atoms with van der Waals surface area (Å²) in [4.78, 5) is 12.2. The summed E-state index contributed by atoms with van der Waals surface area (Å²) in [5, 5.41) is 3.29. The molecule has 3 N–H and O–H groups in total. The van der Waals surface area contributed by atoms with E-state index in [2.05, 4.69) is 21.2 Å². The van der Waals surface area contributed by atoms with Gasteiger partial charge >= 0.3 is 0 Å². The van der Waals surface area contributed by atoms with E-state index in [0.717, 1.165) is 10.0 Å². The molecule has 1 atom stereocenters. The summed E-state index contributed by atoms with van der Waals surface area (Å²) in [7, 11) is 0. The summed E-state index contributed by atoms with van der Waals surface area (Å²) in [5.74, 6) is -0.236. The molecule has 104 valence electrons. The summed E-state index contributed by atoms with van der Waals surface area (Å²) in [6, 6.07) is 12.7. The zero-order chi connectivity index (χ0) is 14.7. The SMILES string of the molecule is CC(NC(=O)c1cccc(Cl)c1N)c1ccc(Br)cc1. The Bertz CT molecular complexity index is 628. The fraction of sp³-hybridized carbons (Fsp3) is 0.133. The maximum absolute atomic E-state index is 12.2. The van der Waals surface area contributed by atoms with Crippen molar-refractivity contribution in [2.24, 2.45) is 0 Å². The van der Waals surface area contributed by atoms with Gasteiger partial charge in [0.2, 0.25) is 0 Å². The summed E-state index contributed by atoms with van der Waals surface area (Å²) >= 11 is 9.30. The molecule has 2 rings (SSSR count). The first kappa shape index (κ1) is 14.9. The van der Waals surface area contributed by atoms with Crippen LogP contribution >= 0.6 is 27.5 Å². The van der Waals surface area contributed by atoms with E-state index in [4.69, 9.17) is 17.3 Å². The molecule has 0 spiro atoms. The lowest BCUT2D eigenvalue weighted by Gasteiger charge is -2.15. The van der Waals surface area contributed by atoms with Gasteiger partial charge in [0.05, 0.1) is 22.3 Å². The molecule has 1 unspecified atom stereocenters. The third-order valence-electron chi connectivity index (χ3n) is 3.02. The number of carbonyl (C=O) groups is 1. The molecule has 1 amide bonds. The van der Waals surface area contributed by atoms with Crippen LogP contribution in [-0.4, -0.2) is 5.91 Å². The second-order valence-corrected chi connectivity index (χ2v) is 5.77. The summed E-state index contributed by atoms with van der Waals surface area (Å²) in [6.07, 6.45) is 0. The van der Waals surface area contributed by atoms with Gasteiger partial charge in [0.25, 0.3) is 5.91 Å². The van der Waals surface area contributed by atoms with Gasteiger partial charge in [-0.2, -0.15) is 0 Å². The average Bonchev–Trinajstić information content (AvgIpc) is 2.42. The number of nitrogens with one attached hydrogen (secondary N) is 1. The largest absolute Gasteiger partial charge is 0.397 e. The number of amides is 1. The molecule has 20 heavy (non-hydrogen) atoms. The van der Waals surface area contributed by atoms with E-state index in [1.807, 2.05) is 31.2 Å². The number of hydrogen-bond acceptors (Lipinski definition) is 2. The van der Waals surface area contributed by atoms with E-state index in [9.17, 15) is 4.79 Å². The maximum Gasteiger partial charge on any atom is 0.253 e. The molecule has 5 heteroatoms. The van der Waals surface area contributed by atoms with Crippen molar-refractivity contribution in [2.75, 3.05) is 5.73 Å². The molecule has 0 heterocycles. The van der Waals surface area contributed by atoms with Crippen molar-refractivity contribution >= 4 is 39.1 Å². The molecule has 0 bridgehead atoms. The smallest absolute Gasteiger partial charge is 0.253 e. The van der Waals surface area contributed by atoms with Gasteiger partial charge < -0.3 is 11.1 Å². The fourth-order valence-corrected chi connectivity index (χ4v) is 2.28. The fourth-order valence-electron chi connectivity index (χ4n) is 1.84. The lowest BCUT2D eigenvalue weighted by Crippen LogP contribution is -2.27. The number of nitrogen functional groups attached to an aromatic ring is 1.